The second-order valence-electron chi connectivity index (χ2n) is 7.54. The summed E-state index contributed by atoms with van der Waals surface area (Å²) in [5, 5.41) is 0.487. The predicted octanol–water partition coefficient (Wildman–Crippen LogP) is 3.39. The Kier molecular flexibility index (Phi) is 5.58. The molecule has 33 heavy (non-hydrogen) atoms. The third-order valence-electron chi connectivity index (χ3n) is 5.32. The number of ether oxygens (including phenoxy) is 1. The van der Waals surface area contributed by atoms with Gasteiger partial charge in [-0.05, 0) is 36.4 Å². The Morgan fingerprint density at radius 2 is 1.88 bits per heavy atom. The van der Waals surface area contributed by atoms with Crippen LogP contribution in [0.15, 0.2) is 41.2 Å². The van der Waals surface area contributed by atoms with E-state index in [0.29, 0.717) is 29.6 Å². The highest BCUT2D eigenvalue weighted by Crippen LogP contribution is 2.33. The summed E-state index contributed by atoms with van der Waals surface area (Å²) in [5.74, 6) is -0.238. The maximum Gasteiger partial charge on any atom is 0.416 e. The van der Waals surface area contributed by atoms with Gasteiger partial charge < -0.3 is 25.3 Å². The fourth-order valence-corrected chi connectivity index (χ4v) is 3.51. The summed E-state index contributed by atoms with van der Waals surface area (Å²) < 4.78 is 44.2. The van der Waals surface area contributed by atoms with Gasteiger partial charge in [0.1, 0.15) is 0 Å². The highest BCUT2D eigenvalue weighted by atomic mass is 19.4. The molecular formula is C22H20F3N5O3. The molecule has 0 atom stereocenters. The van der Waals surface area contributed by atoms with Gasteiger partial charge >= 0.3 is 6.18 Å². The number of hydrogen-bond donors (Lipinski definition) is 3. The second-order valence-corrected chi connectivity index (χ2v) is 7.54. The molecule has 172 valence electrons. The van der Waals surface area contributed by atoms with Crippen LogP contribution in [0.5, 0.6) is 0 Å². The van der Waals surface area contributed by atoms with Crippen molar-refractivity contribution >= 4 is 33.5 Å². The van der Waals surface area contributed by atoms with Crippen LogP contribution in [0, 0.1) is 0 Å². The van der Waals surface area contributed by atoms with Crippen LogP contribution in [0.2, 0.25) is 0 Å². The summed E-state index contributed by atoms with van der Waals surface area (Å²) in [6.45, 7) is 0.783. The minimum absolute atomic E-state index is 0.0342. The van der Waals surface area contributed by atoms with Gasteiger partial charge in [0.25, 0.3) is 11.5 Å². The molecule has 2 aromatic carbocycles. The molecule has 0 unspecified atom stereocenters. The number of alkyl halides is 3. The predicted molar refractivity (Wildman–Crippen MR) is 118 cm³/mol. The summed E-state index contributed by atoms with van der Waals surface area (Å²) in [4.78, 5) is 36.5. The van der Waals surface area contributed by atoms with Crippen molar-refractivity contribution in [3.8, 4) is 11.4 Å². The van der Waals surface area contributed by atoms with Crippen molar-refractivity contribution in [2.45, 2.75) is 6.18 Å². The van der Waals surface area contributed by atoms with Crippen molar-refractivity contribution in [1.29, 1.82) is 0 Å². The number of nitrogens with two attached hydrogens (primary N) is 1. The lowest BCUT2D eigenvalue weighted by atomic mass is 10.1. The van der Waals surface area contributed by atoms with Gasteiger partial charge in [0.2, 0.25) is 0 Å². The zero-order chi connectivity index (χ0) is 23.9. The Bertz CT molecular complexity index is 1420. The first-order chi connectivity index (χ1) is 15.6. The lowest BCUT2D eigenvalue weighted by Gasteiger charge is -2.16. The number of anilines is 1. The molecule has 0 radical (unpaired) electrons. The van der Waals surface area contributed by atoms with Gasteiger partial charge in [-0.1, -0.05) is 0 Å². The Morgan fingerprint density at radius 1 is 1.15 bits per heavy atom. The number of aromatic nitrogens is 3. The molecule has 11 heteroatoms. The third kappa shape index (κ3) is 4.14. The number of methoxy groups -OCH3 is 1. The number of halogens is 3. The van der Waals surface area contributed by atoms with E-state index in [-0.39, 0.29) is 34.0 Å². The average molecular weight is 459 g/mol. The summed E-state index contributed by atoms with van der Waals surface area (Å²) in [6.07, 6.45) is -4.55. The van der Waals surface area contributed by atoms with E-state index < -0.39 is 17.3 Å². The summed E-state index contributed by atoms with van der Waals surface area (Å²) in [7, 11) is 3.18. The first-order valence-corrected chi connectivity index (χ1v) is 9.87. The highest BCUT2D eigenvalue weighted by molar-refractivity contribution is 6.04. The van der Waals surface area contributed by atoms with E-state index in [1.807, 2.05) is 0 Å². The molecule has 0 bridgehead atoms. The number of carbonyl (C=O) groups is 1. The molecule has 0 saturated heterocycles. The van der Waals surface area contributed by atoms with E-state index in [9.17, 15) is 22.8 Å². The largest absolute Gasteiger partial charge is 0.416 e. The maximum atomic E-state index is 13.1. The topological polar surface area (TPSA) is 117 Å². The van der Waals surface area contributed by atoms with Gasteiger partial charge in [0.15, 0.2) is 5.69 Å². The number of nitrogens with one attached hydrogen (secondary N) is 2. The highest BCUT2D eigenvalue weighted by Gasteiger charge is 2.31. The normalized spacial score (nSPS) is 11.9. The molecule has 0 aliphatic heterocycles. The molecule has 0 aliphatic carbocycles. The molecule has 0 fully saturated rings. The van der Waals surface area contributed by atoms with Gasteiger partial charge in [0, 0.05) is 37.2 Å². The number of nitrogens with zero attached hydrogens (tertiary/aromatic N) is 2. The van der Waals surface area contributed by atoms with Gasteiger partial charge in [-0.25, -0.2) is 4.98 Å². The number of aromatic amines is 2. The number of nitrogen functional groups attached to an aromatic ring is 1. The SMILES string of the molecule is COCCN(C)C(=O)c1ccc2[nH]c(-c3nc4cc(C(F)(F)F)ccc4[nH]c3=O)c(N)c2c1. The van der Waals surface area contributed by atoms with Crippen molar-refractivity contribution in [2.24, 2.45) is 0 Å². The molecular weight excluding hydrogens is 439 g/mol. The van der Waals surface area contributed by atoms with Crippen molar-refractivity contribution in [3.05, 3.63) is 57.9 Å². The van der Waals surface area contributed by atoms with Crippen LogP contribution < -0.4 is 11.3 Å². The van der Waals surface area contributed by atoms with E-state index in [4.69, 9.17) is 10.5 Å². The third-order valence-corrected chi connectivity index (χ3v) is 5.32. The summed E-state index contributed by atoms with van der Waals surface area (Å²) in [5.41, 5.74) is 5.98. The molecule has 4 aromatic rings. The molecule has 0 aliphatic rings. The molecule has 4 N–H and O–H groups in total. The number of amides is 1. The Labute approximate surface area is 185 Å². The Morgan fingerprint density at radius 3 is 2.58 bits per heavy atom. The van der Waals surface area contributed by atoms with Crippen LogP contribution in [0.4, 0.5) is 18.9 Å². The molecule has 1 amide bonds. The van der Waals surface area contributed by atoms with Crippen LogP contribution in [-0.4, -0.2) is 53.1 Å². The van der Waals surface area contributed by atoms with Gasteiger partial charge in [-0.3, -0.25) is 9.59 Å². The number of carbonyl (C=O) groups excluding carboxylic acids is 1. The van der Waals surface area contributed by atoms with Crippen molar-refractivity contribution in [2.75, 3.05) is 33.0 Å². The van der Waals surface area contributed by atoms with Crippen molar-refractivity contribution in [3.63, 3.8) is 0 Å². The lowest BCUT2D eigenvalue weighted by molar-refractivity contribution is -0.137. The van der Waals surface area contributed by atoms with E-state index >= 15 is 0 Å². The van der Waals surface area contributed by atoms with Crippen molar-refractivity contribution < 1.29 is 22.7 Å². The van der Waals surface area contributed by atoms with Gasteiger partial charge in [-0.2, -0.15) is 13.2 Å². The van der Waals surface area contributed by atoms with Crippen LogP contribution in [0.1, 0.15) is 15.9 Å². The average Bonchev–Trinajstić information content (AvgIpc) is 3.11. The minimum Gasteiger partial charge on any atom is -0.396 e. The molecule has 4 rings (SSSR count). The summed E-state index contributed by atoms with van der Waals surface area (Å²) in [6, 6.07) is 7.74. The first-order valence-electron chi connectivity index (χ1n) is 9.87. The second kappa shape index (κ2) is 8.24. The number of benzene rings is 2. The maximum absolute atomic E-state index is 13.1. The molecule has 2 aromatic heterocycles. The van der Waals surface area contributed by atoms with E-state index in [2.05, 4.69) is 15.0 Å². The zero-order valence-electron chi connectivity index (χ0n) is 17.7. The molecule has 2 heterocycles. The van der Waals surface area contributed by atoms with E-state index in [1.165, 1.54) is 4.90 Å². The minimum atomic E-state index is -4.55. The number of rotatable bonds is 5. The number of H-pyrrole nitrogens is 2. The van der Waals surface area contributed by atoms with Crippen LogP contribution in [0.25, 0.3) is 33.3 Å². The van der Waals surface area contributed by atoms with Crippen LogP contribution in [0.3, 0.4) is 0 Å². The first kappa shape index (κ1) is 22.3. The van der Waals surface area contributed by atoms with Crippen molar-refractivity contribution in [1.82, 2.24) is 19.9 Å². The standard InChI is InChI=1S/C22H20F3N5O3/c1-30(7-8-33-2)21(32)11-3-5-14-13(9-11)17(26)18(27-14)19-20(31)29-15-6-4-12(22(23,24)25)10-16(15)28-19/h3-6,9-10,27H,7-8,26H2,1-2H3,(H,29,31). The van der Waals surface area contributed by atoms with Crippen LogP contribution in [-0.2, 0) is 10.9 Å². The molecule has 0 saturated carbocycles. The number of likely N-dealkylation sites (N-methyl/N-ethyl adjacent to an activating group) is 1. The fourth-order valence-electron chi connectivity index (χ4n) is 3.51. The quantitative estimate of drug-likeness (QED) is 0.423. The number of hydrogen-bond acceptors (Lipinski definition) is 5. The van der Waals surface area contributed by atoms with E-state index in [0.717, 1.165) is 18.2 Å². The van der Waals surface area contributed by atoms with E-state index in [1.54, 1.807) is 32.4 Å². The Balaban J connectivity index is 1.79. The van der Waals surface area contributed by atoms with Crippen LogP contribution >= 0.6 is 0 Å². The number of fused-ring (bicyclic) bond motifs is 2. The van der Waals surface area contributed by atoms with Gasteiger partial charge in [0.05, 0.1) is 34.6 Å². The monoisotopic (exact) mass is 459 g/mol. The zero-order valence-corrected chi connectivity index (χ0v) is 17.7. The van der Waals surface area contributed by atoms with Gasteiger partial charge in [-0.15, -0.1) is 0 Å². The molecule has 0 spiro atoms. The smallest absolute Gasteiger partial charge is 0.396 e. The fraction of sp³-hybridized carbons (Fsp3) is 0.227. The lowest BCUT2D eigenvalue weighted by Crippen LogP contribution is -2.29. The summed E-state index contributed by atoms with van der Waals surface area (Å²) >= 11 is 0. The molecule has 8 nitrogen and oxygen atoms in total. The Hall–Kier alpha value is -3.86.